The molecule has 0 aliphatic heterocycles. The summed E-state index contributed by atoms with van der Waals surface area (Å²) in [5.74, 6) is -0.707. The molecule has 7 heteroatoms. The van der Waals surface area contributed by atoms with Gasteiger partial charge >= 0.3 is 0 Å². The molecule has 0 saturated heterocycles. The minimum absolute atomic E-state index is 0.153. The Bertz CT molecular complexity index is 1060. The van der Waals surface area contributed by atoms with Gasteiger partial charge in [0.1, 0.15) is 5.01 Å². The van der Waals surface area contributed by atoms with Crippen LogP contribution in [0.4, 0.5) is 5.69 Å². The van der Waals surface area contributed by atoms with E-state index in [9.17, 15) is 9.90 Å². The fourth-order valence-corrected chi connectivity index (χ4v) is 3.31. The van der Waals surface area contributed by atoms with Gasteiger partial charge in [0.15, 0.2) is 4.88 Å². The fraction of sp³-hybridized carbons (Fsp3) is 0. The van der Waals surface area contributed by atoms with Crippen LogP contribution in [0.1, 0.15) is 9.67 Å². The van der Waals surface area contributed by atoms with Crippen molar-refractivity contribution in [2.24, 2.45) is 0 Å². The highest BCUT2D eigenvalue weighted by Crippen LogP contribution is 2.32. The zero-order chi connectivity index (χ0) is 17.2. The summed E-state index contributed by atoms with van der Waals surface area (Å²) < 4.78 is 0. The lowest BCUT2D eigenvalue weighted by atomic mass is 10.2. The zero-order valence-corrected chi connectivity index (χ0v) is 13.7. The highest BCUT2D eigenvalue weighted by Gasteiger charge is 2.19. The Hall–Kier alpha value is -3.32. The SMILES string of the molecule is O=C(Nc1cccc2ncccc12)c1sc(-c2cccnc2)nc1O. The zero-order valence-electron chi connectivity index (χ0n) is 12.9. The van der Waals surface area contributed by atoms with Gasteiger partial charge in [0.05, 0.1) is 11.2 Å². The molecule has 0 bridgehead atoms. The number of thiazole rings is 1. The number of aromatic hydroxyl groups is 1. The molecular weight excluding hydrogens is 336 g/mol. The van der Waals surface area contributed by atoms with Gasteiger partial charge in [0.25, 0.3) is 5.91 Å². The number of fused-ring (bicyclic) bond motifs is 1. The van der Waals surface area contributed by atoms with Gasteiger partial charge < -0.3 is 10.4 Å². The van der Waals surface area contributed by atoms with E-state index in [0.717, 1.165) is 27.8 Å². The average molecular weight is 348 g/mol. The van der Waals surface area contributed by atoms with Crippen LogP contribution in [0.2, 0.25) is 0 Å². The summed E-state index contributed by atoms with van der Waals surface area (Å²) in [5.41, 5.74) is 2.16. The van der Waals surface area contributed by atoms with Gasteiger partial charge in [-0.1, -0.05) is 6.07 Å². The molecule has 4 aromatic rings. The molecule has 3 aromatic heterocycles. The number of anilines is 1. The van der Waals surface area contributed by atoms with Crippen LogP contribution in [0.3, 0.4) is 0 Å². The number of carbonyl (C=O) groups is 1. The van der Waals surface area contributed by atoms with Crippen molar-refractivity contribution in [3.63, 3.8) is 0 Å². The molecule has 0 aliphatic carbocycles. The quantitative estimate of drug-likeness (QED) is 0.589. The molecular formula is C18H12N4O2S. The Balaban J connectivity index is 1.66. The number of nitrogens with zero attached hydrogens (tertiary/aromatic N) is 3. The lowest BCUT2D eigenvalue weighted by Crippen LogP contribution is -2.10. The Morgan fingerprint density at radius 3 is 2.80 bits per heavy atom. The van der Waals surface area contributed by atoms with Crippen molar-refractivity contribution >= 4 is 33.8 Å². The average Bonchev–Trinajstić information content (AvgIpc) is 3.05. The summed E-state index contributed by atoms with van der Waals surface area (Å²) in [4.78, 5) is 25.1. The predicted octanol–water partition coefficient (Wildman–Crippen LogP) is 3.71. The number of nitrogens with one attached hydrogen (secondary N) is 1. The van der Waals surface area contributed by atoms with E-state index in [-0.39, 0.29) is 10.8 Å². The van der Waals surface area contributed by atoms with Crippen LogP contribution in [-0.2, 0) is 0 Å². The molecule has 4 rings (SSSR count). The standard InChI is InChI=1S/C18H12N4O2S/c23-16(21-14-7-1-6-13-12(14)5-3-9-20-13)15-17(24)22-18(25-15)11-4-2-8-19-10-11/h1-10,24H,(H,21,23). The topological polar surface area (TPSA) is 88.0 Å². The second-order valence-corrected chi connectivity index (χ2v) is 6.24. The first-order valence-corrected chi connectivity index (χ1v) is 8.29. The third kappa shape index (κ3) is 2.92. The molecule has 0 saturated carbocycles. The molecule has 0 radical (unpaired) electrons. The highest BCUT2D eigenvalue weighted by molar-refractivity contribution is 7.17. The van der Waals surface area contributed by atoms with Gasteiger partial charge in [-0.25, -0.2) is 4.98 Å². The van der Waals surface area contributed by atoms with Crippen molar-refractivity contribution in [3.05, 3.63) is 65.9 Å². The molecule has 122 valence electrons. The molecule has 3 heterocycles. The third-order valence-corrected chi connectivity index (χ3v) is 4.71. The lowest BCUT2D eigenvalue weighted by molar-refractivity contribution is 0.102. The first-order valence-electron chi connectivity index (χ1n) is 7.47. The van der Waals surface area contributed by atoms with Crippen molar-refractivity contribution in [3.8, 4) is 16.5 Å². The molecule has 2 N–H and O–H groups in total. The maximum Gasteiger partial charge on any atom is 0.271 e. The lowest BCUT2D eigenvalue weighted by Gasteiger charge is -2.07. The van der Waals surface area contributed by atoms with Crippen molar-refractivity contribution in [2.45, 2.75) is 0 Å². The van der Waals surface area contributed by atoms with Crippen LogP contribution in [0.15, 0.2) is 61.1 Å². The van der Waals surface area contributed by atoms with Gasteiger partial charge in [-0.3, -0.25) is 14.8 Å². The van der Waals surface area contributed by atoms with Crippen molar-refractivity contribution in [1.82, 2.24) is 15.0 Å². The van der Waals surface area contributed by atoms with Crippen LogP contribution in [0.25, 0.3) is 21.5 Å². The number of hydrogen-bond donors (Lipinski definition) is 2. The Morgan fingerprint density at radius 2 is 1.96 bits per heavy atom. The molecule has 0 aliphatic rings. The van der Waals surface area contributed by atoms with Crippen molar-refractivity contribution < 1.29 is 9.90 Å². The number of aromatic nitrogens is 3. The number of rotatable bonds is 3. The minimum Gasteiger partial charge on any atom is -0.492 e. The van der Waals surface area contributed by atoms with Gasteiger partial charge in [-0.2, -0.15) is 0 Å². The Labute approximate surface area is 146 Å². The summed E-state index contributed by atoms with van der Waals surface area (Å²) >= 11 is 1.12. The van der Waals surface area contributed by atoms with Crippen LogP contribution < -0.4 is 5.32 Å². The van der Waals surface area contributed by atoms with Crippen LogP contribution in [0, 0.1) is 0 Å². The van der Waals surface area contributed by atoms with Crippen molar-refractivity contribution in [2.75, 3.05) is 5.32 Å². The number of hydrogen-bond acceptors (Lipinski definition) is 6. The van der Waals surface area contributed by atoms with E-state index in [1.54, 1.807) is 30.7 Å². The molecule has 0 atom stereocenters. The maximum atomic E-state index is 12.6. The van der Waals surface area contributed by atoms with E-state index in [1.807, 2.05) is 30.3 Å². The van der Waals surface area contributed by atoms with E-state index >= 15 is 0 Å². The molecule has 0 unspecified atom stereocenters. The Morgan fingerprint density at radius 1 is 1.08 bits per heavy atom. The summed E-state index contributed by atoms with van der Waals surface area (Å²) in [6, 6.07) is 12.8. The number of benzene rings is 1. The first-order chi connectivity index (χ1) is 12.2. The number of pyridine rings is 2. The maximum absolute atomic E-state index is 12.6. The molecule has 1 aromatic carbocycles. The van der Waals surface area contributed by atoms with E-state index in [0.29, 0.717) is 10.7 Å². The molecule has 0 fully saturated rings. The van der Waals surface area contributed by atoms with Crippen LogP contribution >= 0.6 is 11.3 Å². The number of amides is 1. The monoisotopic (exact) mass is 348 g/mol. The molecule has 25 heavy (non-hydrogen) atoms. The number of carbonyl (C=O) groups excluding carboxylic acids is 1. The Kier molecular flexibility index (Phi) is 3.83. The van der Waals surface area contributed by atoms with E-state index in [2.05, 4.69) is 20.3 Å². The van der Waals surface area contributed by atoms with Gasteiger partial charge in [-0.15, -0.1) is 11.3 Å². The summed E-state index contributed by atoms with van der Waals surface area (Å²) in [6.45, 7) is 0. The van der Waals surface area contributed by atoms with Gasteiger partial charge in [0, 0.05) is 29.5 Å². The summed E-state index contributed by atoms with van der Waals surface area (Å²) in [6.07, 6.45) is 4.98. The molecule has 1 amide bonds. The van der Waals surface area contributed by atoms with E-state index in [1.165, 1.54) is 0 Å². The largest absolute Gasteiger partial charge is 0.492 e. The normalized spacial score (nSPS) is 10.7. The predicted molar refractivity (Wildman–Crippen MR) is 96.7 cm³/mol. The minimum atomic E-state index is -0.415. The molecule has 0 spiro atoms. The second kappa shape index (κ2) is 6.29. The van der Waals surface area contributed by atoms with Gasteiger partial charge in [0.2, 0.25) is 5.88 Å². The van der Waals surface area contributed by atoms with Crippen LogP contribution in [0.5, 0.6) is 5.88 Å². The highest BCUT2D eigenvalue weighted by atomic mass is 32.1. The smallest absolute Gasteiger partial charge is 0.271 e. The van der Waals surface area contributed by atoms with E-state index in [4.69, 9.17) is 0 Å². The van der Waals surface area contributed by atoms with Crippen LogP contribution in [-0.4, -0.2) is 26.0 Å². The molecule has 6 nitrogen and oxygen atoms in total. The fourth-order valence-electron chi connectivity index (χ4n) is 2.46. The first kappa shape index (κ1) is 15.2. The van der Waals surface area contributed by atoms with E-state index < -0.39 is 5.91 Å². The third-order valence-electron chi connectivity index (χ3n) is 3.62. The van der Waals surface area contributed by atoms with Gasteiger partial charge in [-0.05, 0) is 36.4 Å². The van der Waals surface area contributed by atoms with Crippen molar-refractivity contribution in [1.29, 1.82) is 0 Å². The summed E-state index contributed by atoms with van der Waals surface area (Å²) in [5, 5.41) is 14.2. The second-order valence-electron chi connectivity index (χ2n) is 5.24. The summed E-state index contributed by atoms with van der Waals surface area (Å²) in [7, 11) is 0.